The summed E-state index contributed by atoms with van der Waals surface area (Å²) in [4.78, 5) is 13.3. The fourth-order valence-electron chi connectivity index (χ4n) is 4.39. The first-order valence-corrected chi connectivity index (χ1v) is 9.93. The second-order valence-corrected chi connectivity index (χ2v) is 8.62. The fourth-order valence-corrected chi connectivity index (χ4v) is 4.39. The standard InChI is InChI=1S/C24H28N2O3/c1-14-6-8-16-17(10-14)26-23(15-7-9-20(28-4)21(11-15)29-5)22-18(25-16)12-24(2,3)13-19(22)27/h6-12,22-23,25-26H,13H2,1-5H3. The molecule has 0 amide bonds. The van der Waals surface area contributed by atoms with Gasteiger partial charge in [0.2, 0.25) is 0 Å². The zero-order valence-electron chi connectivity index (χ0n) is 17.6. The van der Waals surface area contributed by atoms with Crippen molar-refractivity contribution in [3.63, 3.8) is 0 Å². The van der Waals surface area contributed by atoms with Crippen LogP contribution < -0.4 is 20.1 Å². The topological polar surface area (TPSA) is 59.6 Å². The summed E-state index contributed by atoms with van der Waals surface area (Å²) in [6.07, 6.45) is 2.73. The third-order valence-electron chi connectivity index (χ3n) is 5.72. The molecule has 2 atom stereocenters. The number of hydrogen-bond acceptors (Lipinski definition) is 5. The minimum atomic E-state index is -0.297. The van der Waals surface area contributed by atoms with Crippen LogP contribution in [0.2, 0.25) is 0 Å². The van der Waals surface area contributed by atoms with Gasteiger partial charge in [0.1, 0.15) is 5.78 Å². The molecule has 1 aliphatic carbocycles. The van der Waals surface area contributed by atoms with Crippen LogP contribution in [-0.4, -0.2) is 20.0 Å². The van der Waals surface area contributed by atoms with Gasteiger partial charge >= 0.3 is 0 Å². The van der Waals surface area contributed by atoms with E-state index >= 15 is 0 Å². The first kappa shape index (κ1) is 19.4. The summed E-state index contributed by atoms with van der Waals surface area (Å²) in [5.41, 5.74) is 4.91. The second-order valence-electron chi connectivity index (χ2n) is 8.62. The molecule has 1 aliphatic heterocycles. The second kappa shape index (κ2) is 7.14. The molecule has 2 unspecified atom stereocenters. The van der Waals surface area contributed by atoms with Crippen LogP contribution in [0.25, 0.3) is 0 Å². The summed E-state index contributed by atoms with van der Waals surface area (Å²) in [5.74, 6) is 1.26. The van der Waals surface area contributed by atoms with Crippen LogP contribution in [0.4, 0.5) is 11.4 Å². The number of ketones is 1. The van der Waals surface area contributed by atoms with Gasteiger partial charge in [0.05, 0.1) is 37.6 Å². The Morgan fingerprint density at radius 2 is 1.76 bits per heavy atom. The van der Waals surface area contributed by atoms with Crippen molar-refractivity contribution in [3.8, 4) is 11.5 Å². The zero-order chi connectivity index (χ0) is 20.8. The lowest BCUT2D eigenvalue weighted by Gasteiger charge is -2.35. The van der Waals surface area contributed by atoms with E-state index in [-0.39, 0.29) is 23.2 Å². The maximum Gasteiger partial charge on any atom is 0.161 e. The molecule has 2 aromatic carbocycles. The van der Waals surface area contributed by atoms with Gasteiger partial charge in [-0.1, -0.05) is 32.1 Å². The fraction of sp³-hybridized carbons (Fsp3) is 0.375. The Kier molecular flexibility index (Phi) is 4.77. The molecule has 0 bridgehead atoms. The molecule has 2 N–H and O–H groups in total. The van der Waals surface area contributed by atoms with Crippen LogP contribution in [-0.2, 0) is 4.79 Å². The number of hydrogen-bond donors (Lipinski definition) is 2. The molecule has 2 aromatic rings. The highest BCUT2D eigenvalue weighted by atomic mass is 16.5. The molecule has 29 heavy (non-hydrogen) atoms. The first-order valence-electron chi connectivity index (χ1n) is 9.93. The normalized spacial score (nSPS) is 22.2. The van der Waals surface area contributed by atoms with Gasteiger partial charge in [0, 0.05) is 12.1 Å². The molecule has 152 valence electrons. The van der Waals surface area contributed by atoms with E-state index in [0.717, 1.165) is 28.2 Å². The lowest BCUT2D eigenvalue weighted by atomic mass is 9.72. The number of aryl methyl sites for hydroxylation is 1. The number of allylic oxidation sites excluding steroid dienone is 1. The third kappa shape index (κ3) is 3.57. The Hall–Kier alpha value is -2.95. The summed E-state index contributed by atoms with van der Waals surface area (Å²) in [6.45, 7) is 6.28. The van der Waals surface area contributed by atoms with Gasteiger partial charge < -0.3 is 20.1 Å². The molecule has 0 spiro atoms. The average molecular weight is 392 g/mol. The SMILES string of the molecule is COc1ccc(C2Nc3cc(C)ccc3NC3=CC(C)(C)CC(=O)C32)cc1OC. The van der Waals surface area contributed by atoms with Crippen LogP contribution in [0.3, 0.4) is 0 Å². The Balaban J connectivity index is 1.88. The summed E-state index contributed by atoms with van der Waals surface area (Å²) >= 11 is 0. The Bertz CT molecular complexity index is 994. The van der Waals surface area contributed by atoms with E-state index in [1.807, 2.05) is 18.2 Å². The predicted molar refractivity (Wildman–Crippen MR) is 116 cm³/mol. The third-order valence-corrected chi connectivity index (χ3v) is 5.72. The number of methoxy groups -OCH3 is 2. The van der Waals surface area contributed by atoms with Crippen molar-refractivity contribution in [3.05, 3.63) is 59.3 Å². The molecule has 0 radical (unpaired) electrons. The maximum absolute atomic E-state index is 13.3. The first-order chi connectivity index (χ1) is 13.8. The Morgan fingerprint density at radius 1 is 1.00 bits per heavy atom. The summed E-state index contributed by atoms with van der Waals surface area (Å²) in [7, 11) is 3.25. The van der Waals surface area contributed by atoms with Crippen molar-refractivity contribution < 1.29 is 14.3 Å². The number of nitrogens with one attached hydrogen (secondary N) is 2. The lowest BCUT2D eigenvalue weighted by Crippen LogP contribution is -2.36. The maximum atomic E-state index is 13.3. The van der Waals surface area contributed by atoms with Crippen LogP contribution in [0.1, 0.15) is 37.4 Å². The molecular weight excluding hydrogens is 364 g/mol. The van der Waals surface area contributed by atoms with Crippen LogP contribution in [0.5, 0.6) is 11.5 Å². The van der Waals surface area contributed by atoms with Crippen LogP contribution in [0.15, 0.2) is 48.2 Å². The highest BCUT2D eigenvalue weighted by Gasteiger charge is 2.41. The lowest BCUT2D eigenvalue weighted by molar-refractivity contribution is -0.124. The number of Topliss-reactive ketones (excluding diaryl/α,β-unsaturated/α-hetero) is 1. The highest BCUT2D eigenvalue weighted by Crippen LogP contribution is 2.46. The largest absolute Gasteiger partial charge is 0.493 e. The Labute approximate surface area is 172 Å². The van der Waals surface area contributed by atoms with Gasteiger partial charge in [-0.05, 0) is 47.7 Å². The van der Waals surface area contributed by atoms with Crippen molar-refractivity contribution in [2.45, 2.75) is 33.2 Å². The van der Waals surface area contributed by atoms with Crippen molar-refractivity contribution in [1.29, 1.82) is 0 Å². The quantitative estimate of drug-likeness (QED) is 0.762. The number of benzene rings is 2. The number of ether oxygens (including phenoxy) is 2. The number of anilines is 2. The van der Waals surface area contributed by atoms with Gasteiger partial charge in [-0.25, -0.2) is 0 Å². The molecule has 2 aliphatic rings. The van der Waals surface area contributed by atoms with E-state index in [4.69, 9.17) is 9.47 Å². The molecule has 0 fully saturated rings. The van der Waals surface area contributed by atoms with Crippen molar-refractivity contribution in [2.24, 2.45) is 11.3 Å². The molecular formula is C24H28N2O3. The van der Waals surface area contributed by atoms with E-state index in [1.54, 1.807) is 14.2 Å². The Morgan fingerprint density at radius 3 is 2.48 bits per heavy atom. The summed E-state index contributed by atoms with van der Waals surface area (Å²) < 4.78 is 10.9. The van der Waals surface area contributed by atoms with Crippen molar-refractivity contribution in [1.82, 2.24) is 0 Å². The van der Waals surface area contributed by atoms with E-state index in [0.29, 0.717) is 17.9 Å². The average Bonchev–Trinajstić information content (AvgIpc) is 2.82. The molecule has 1 heterocycles. The number of rotatable bonds is 3. The summed E-state index contributed by atoms with van der Waals surface area (Å²) in [6, 6.07) is 11.9. The molecule has 0 saturated carbocycles. The number of fused-ring (bicyclic) bond motifs is 2. The van der Waals surface area contributed by atoms with Crippen LogP contribution in [0, 0.1) is 18.3 Å². The number of carbonyl (C=O) groups is 1. The van der Waals surface area contributed by atoms with Gasteiger partial charge in [0.15, 0.2) is 11.5 Å². The molecule has 5 heteroatoms. The van der Waals surface area contributed by atoms with Crippen molar-refractivity contribution in [2.75, 3.05) is 24.9 Å². The van der Waals surface area contributed by atoms with E-state index in [1.165, 1.54) is 0 Å². The van der Waals surface area contributed by atoms with E-state index in [9.17, 15) is 4.79 Å². The van der Waals surface area contributed by atoms with E-state index in [2.05, 4.69) is 55.7 Å². The van der Waals surface area contributed by atoms with Gasteiger partial charge in [-0.2, -0.15) is 0 Å². The highest BCUT2D eigenvalue weighted by molar-refractivity contribution is 5.90. The molecule has 0 aromatic heterocycles. The van der Waals surface area contributed by atoms with Gasteiger partial charge in [0.25, 0.3) is 0 Å². The summed E-state index contributed by atoms with van der Waals surface area (Å²) in [5, 5.41) is 7.19. The number of carbonyl (C=O) groups excluding carboxylic acids is 1. The molecule has 4 rings (SSSR count). The zero-order valence-corrected chi connectivity index (χ0v) is 17.6. The minimum absolute atomic E-state index is 0.173. The molecule has 0 saturated heterocycles. The van der Waals surface area contributed by atoms with E-state index < -0.39 is 0 Å². The van der Waals surface area contributed by atoms with Crippen LogP contribution >= 0.6 is 0 Å². The predicted octanol–water partition coefficient (Wildman–Crippen LogP) is 5.09. The van der Waals surface area contributed by atoms with Gasteiger partial charge in [-0.15, -0.1) is 0 Å². The molecule has 5 nitrogen and oxygen atoms in total. The smallest absolute Gasteiger partial charge is 0.161 e. The van der Waals surface area contributed by atoms with Crippen molar-refractivity contribution >= 4 is 17.2 Å². The minimum Gasteiger partial charge on any atom is -0.493 e. The monoisotopic (exact) mass is 392 g/mol. The van der Waals surface area contributed by atoms with Gasteiger partial charge in [-0.3, -0.25) is 4.79 Å².